The van der Waals surface area contributed by atoms with Crippen LogP contribution < -0.4 is 10.1 Å². The van der Waals surface area contributed by atoms with Gasteiger partial charge in [-0.1, -0.05) is 13.0 Å². The number of hydrogen-bond acceptors (Lipinski definition) is 5. The first kappa shape index (κ1) is 19.3. The topological polar surface area (TPSA) is 88.6 Å². The molecule has 0 radical (unpaired) electrons. The van der Waals surface area contributed by atoms with E-state index in [1.54, 1.807) is 50.4 Å². The smallest absolute Gasteiger partial charge is 0.243 e. The Morgan fingerprint density at radius 2 is 2.15 bits per heavy atom. The molecule has 1 amide bonds. The zero-order valence-electron chi connectivity index (χ0n) is 15.4. The van der Waals surface area contributed by atoms with Crippen molar-refractivity contribution in [1.82, 2.24) is 9.29 Å². The van der Waals surface area contributed by atoms with Crippen molar-refractivity contribution < 1.29 is 17.9 Å². The van der Waals surface area contributed by atoms with E-state index in [9.17, 15) is 13.2 Å². The summed E-state index contributed by atoms with van der Waals surface area (Å²) in [5, 5.41) is 2.74. The molecule has 1 fully saturated rings. The van der Waals surface area contributed by atoms with Crippen molar-refractivity contribution in [1.29, 1.82) is 0 Å². The number of rotatable bonds is 6. The molecule has 1 aromatic carbocycles. The molecule has 0 saturated carbocycles. The predicted octanol–water partition coefficient (Wildman–Crippen LogP) is 2.58. The zero-order valence-corrected chi connectivity index (χ0v) is 16.2. The SMILES string of the molecule is CCC(=O)Nc1ccc(S(=O)(=O)N2CCC(Oc3ccccn3)C2)c(C)c1. The Morgan fingerprint density at radius 1 is 1.33 bits per heavy atom. The molecule has 1 unspecified atom stereocenters. The first-order chi connectivity index (χ1) is 12.9. The molecule has 1 N–H and O–H groups in total. The number of benzene rings is 1. The Balaban J connectivity index is 1.72. The average Bonchev–Trinajstić information content (AvgIpc) is 3.11. The maximum absolute atomic E-state index is 13.0. The Hall–Kier alpha value is -2.45. The molecule has 0 spiro atoms. The number of nitrogens with one attached hydrogen (secondary N) is 1. The van der Waals surface area contributed by atoms with E-state index >= 15 is 0 Å². The number of amides is 1. The molecule has 1 saturated heterocycles. The van der Waals surface area contributed by atoms with Crippen LogP contribution in [0.4, 0.5) is 5.69 Å². The van der Waals surface area contributed by atoms with Gasteiger partial charge in [0.2, 0.25) is 21.8 Å². The van der Waals surface area contributed by atoms with Crippen molar-refractivity contribution in [3.63, 3.8) is 0 Å². The van der Waals surface area contributed by atoms with Gasteiger partial charge in [-0.2, -0.15) is 4.31 Å². The summed E-state index contributed by atoms with van der Waals surface area (Å²) in [6.07, 6.45) is 2.39. The third-order valence-electron chi connectivity index (χ3n) is 4.43. The molecule has 1 aromatic heterocycles. The van der Waals surface area contributed by atoms with Crippen LogP contribution in [0.3, 0.4) is 0 Å². The molecule has 7 nitrogen and oxygen atoms in total. The highest BCUT2D eigenvalue weighted by Crippen LogP contribution is 2.27. The highest BCUT2D eigenvalue weighted by atomic mass is 32.2. The second-order valence-electron chi connectivity index (χ2n) is 6.44. The lowest BCUT2D eigenvalue weighted by Gasteiger charge is -2.19. The molecule has 3 rings (SSSR count). The van der Waals surface area contributed by atoms with Gasteiger partial charge in [-0.05, 0) is 43.2 Å². The van der Waals surface area contributed by atoms with E-state index in [0.29, 0.717) is 36.5 Å². The molecule has 1 atom stereocenters. The minimum Gasteiger partial charge on any atom is -0.473 e. The van der Waals surface area contributed by atoms with Crippen molar-refractivity contribution in [3.05, 3.63) is 48.2 Å². The summed E-state index contributed by atoms with van der Waals surface area (Å²) in [5.74, 6) is 0.382. The first-order valence-electron chi connectivity index (χ1n) is 8.88. The lowest BCUT2D eigenvalue weighted by Crippen LogP contribution is -2.31. The van der Waals surface area contributed by atoms with Gasteiger partial charge in [-0.15, -0.1) is 0 Å². The fourth-order valence-electron chi connectivity index (χ4n) is 3.00. The summed E-state index contributed by atoms with van der Waals surface area (Å²) in [6.45, 7) is 4.17. The normalized spacial score (nSPS) is 17.6. The molecule has 1 aliphatic heterocycles. The Bertz CT molecular complexity index is 916. The second kappa shape index (κ2) is 8.06. The summed E-state index contributed by atoms with van der Waals surface area (Å²) in [5.41, 5.74) is 1.19. The van der Waals surface area contributed by atoms with E-state index < -0.39 is 10.0 Å². The van der Waals surface area contributed by atoms with E-state index in [4.69, 9.17) is 4.74 Å². The largest absolute Gasteiger partial charge is 0.473 e. The lowest BCUT2D eigenvalue weighted by molar-refractivity contribution is -0.115. The number of aromatic nitrogens is 1. The summed E-state index contributed by atoms with van der Waals surface area (Å²) >= 11 is 0. The molecule has 0 bridgehead atoms. The third-order valence-corrected chi connectivity index (χ3v) is 6.46. The van der Waals surface area contributed by atoms with Crippen molar-refractivity contribution in [2.24, 2.45) is 0 Å². The van der Waals surface area contributed by atoms with Crippen molar-refractivity contribution in [2.75, 3.05) is 18.4 Å². The predicted molar refractivity (Wildman–Crippen MR) is 102 cm³/mol. The molecule has 2 aromatic rings. The van der Waals surface area contributed by atoms with Crippen molar-refractivity contribution in [3.8, 4) is 5.88 Å². The maximum Gasteiger partial charge on any atom is 0.243 e. The molecule has 2 heterocycles. The fourth-order valence-corrected chi connectivity index (χ4v) is 4.70. The van der Waals surface area contributed by atoms with E-state index in [1.165, 1.54) is 4.31 Å². The van der Waals surface area contributed by atoms with E-state index in [0.717, 1.165) is 0 Å². The van der Waals surface area contributed by atoms with Gasteiger partial charge in [0.25, 0.3) is 0 Å². The number of hydrogen-bond donors (Lipinski definition) is 1. The third kappa shape index (κ3) is 4.45. The van der Waals surface area contributed by atoms with Crippen LogP contribution in [0.25, 0.3) is 0 Å². The Labute approximate surface area is 159 Å². The molecule has 0 aliphatic carbocycles. The van der Waals surface area contributed by atoms with Crippen LogP contribution in [0.15, 0.2) is 47.5 Å². The molecular weight excluding hydrogens is 366 g/mol. The highest BCUT2D eigenvalue weighted by Gasteiger charge is 2.34. The zero-order chi connectivity index (χ0) is 19.4. The van der Waals surface area contributed by atoms with Crippen LogP contribution in [0, 0.1) is 6.92 Å². The number of carbonyl (C=O) groups excluding carboxylic acids is 1. The first-order valence-corrected chi connectivity index (χ1v) is 10.3. The van der Waals surface area contributed by atoms with Crippen LogP contribution >= 0.6 is 0 Å². The number of ether oxygens (including phenoxy) is 1. The molecule has 8 heteroatoms. The summed E-state index contributed by atoms with van der Waals surface area (Å²) in [6, 6.07) is 10.2. The Kier molecular flexibility index (Phi) is 5.76. The van der Waals surface area contributed by atoms with E-state index in [2.05, 4.69) is 10.3 Å². The molecular formula is C19H23N3O4S. The molecule has 144 valence electrons. The minimum absolute atomic E-state index is 0.112. The van der Waals surface area contributed by atoms with Crippen LogP contribution in [0.1, 0.15) is 25.3 Å². The number of sulfonamides is 1. The van der Waals surface area contributed by atoms with Crippen LogP contribution in [-0.4, -0.2) is 42.8 Å². The highest BCUT2D eigenvalue weighted by molar-refractivity contribution is 7.89. The monoisotopic (exact) mass is 389 g/mol. The van der Waals surface area contributed by atoms with Gasteiger partial charge in [-0.3, -0.25) is 4.79 Å². The van der Waals surface area contributed by atoms with Gasteiger partial charge in [0.05, 0.1) is 11.4 Å². The fraction of sp³-hybridized carbons (Fsp3) is 0.368. The summed E-state index contributed by atoms with van der Waals surface area (Å²) in [4.78, 5) is 15.9. The van der Waals surface area contributed by atoms with E-state index in [1.807, 2.05) is 6.07 Å². The van der Waals surface area contributed by atoms with Crippen LogP contribution in [-0.2, 0) is 14.8 Å². The van der Waals surface area contributed by atoms with Crippen LogP contribution in [0.5, 0.6) is 5.88 Å². The Morgan fingerprint density at radius 3 is 2.81 bits per heavy atom. The van der Waals surface area contributed by atoms with Crippen molar-refractivity contribution >= 4 is 21.6 Å². The minimum atomic E-state index is -3.63. The van der Waals surface area contributed by atoms with Gasteiger partial charge in [0.15, 0.2) is 0 Å². The van der Waals surface area contributed by atoms with Crippen LogP contribution in [0.2, 0.25) is 0 Å². The maximum atomic E-state index is 13.0. The number of anilines is 1. The second-order valence-corrected chi connectivity index (χ2v) is 8.35. The van der Waals surface area contributed by atoms with Crippen molar-refractivity contribution in [2.45, 2.75) is 37.7 Å². The van der Waals surface area contributed by atoms with Gasteiger partial charge >= 0.3 is 0 Å². The van der Waals surface area contributed by atoms with Gasteiger partial charge < -0.3 is 10.1 Å². The number of aryl methyl sites for hydroxylation is 1. The van der Waals surface area contributed by atoms with E-state index in [-0.39, 0.29) is 23.5 Å². The number of nitrogens with zero attached hydrogens (tertiary/aromatic N) is 2. The molecule has 27 heavy (non-hydrogen) atoms. The number of carbonyl (C=O) groups is 1. The average molecular weight is 389 g/mol. The van der Waals surface area contributed by atoms with Gasteiger partial charge in [0, 0.05) is 30.9 Å². The number of pyridine rings is 1. The van der Waals surface area contributed by atoms with Gasteiger partial charge in [0.1, 0.15) is 6.10 Å². The summed E-state index contributed by atoms with van der Waals surface area (Å²) in [7, 11) is -3.63. The van der Waals surface area contributed by atoms with Gasteiger partial charge in [-0.25, -0.2) is 13.4 Å². The lowest BCUT2D eigenvalue weighted by atomic mass is 10.2. The standard InChI is InChI=1S/C19H23N3O4S/c1-3-18(23)21-15-7-8-17(14(2)12-15)27(24,25)22-11-9-16(13-22)26-19-6-4-5-10-20-19/h4-8,10,12,16H,3,9,11,13H2,1-2H3,(H,21,23). The molecule has 1 aliphatic rings. The quantitative estimate of drug-likeness (QED) is 0.820. The summed E-state index contributed by atoms with van der Waals surface area (Å²) < 4.78 is 33.2.